The molecule has 0 saturated heterocycles. The highest BCUT2D eigenvalue weighted by Crippen LogP contribution is 2.23. The second-order valence-electron chi connectivity index (χ2n) is 6.25. The monoisotopic (exact) mass is 397 g/mol. The van der Waals surface area contributed by atoms with E-state index in [9.17, 15) is 9.59 Å². The second kappa shape index (κ2) is 9.06. The molecule has 1 aliphatic rings. The number of benzene rings is 1. The van der Waals surface area contributed by atoms with Crippen LogP contribution in [0.2, 0.25) is 0 Å². The van der Waals surface area contributed by atoms with Crippen LogP contribution in [-0.2, 0) is 14.3 Å². The molecule has 2 rings (SSSR count). The Labute approximate surface area is 151 Å². The third-order valence-electron chi connectivity index (χ3n) is 4.27. The fourth-order valence-electron chi connectivity index (χ4n) is 2.81. The van der Waals surface area contributed by atoms with Gasteiger partial charge >= 0.3 is 5.97 Å². The number of carbonyl (C=O) groups is 2. The van der Waals surface area contributed by atoms with Crippen LogP contribution in [0.3, 0.4) is 0 Å². The molecule has 0 bridgehead atoms. The van der Waals surface area contributed by atoms with Gasteiger partial charge in [0.15, 0.2) is 12.7 Å². The number of hydrogen-bond donors (Lipinski definition) is 1. The third kappa shape index (κ3) is 5.82. The molecule has 0 unspecified atom stereocenters. The molecular weight excluding hydrogens is 374 g/mol. The molecule has 0 spiro atoms. The molecule has 1 N–H and O–H groups in total. The Bertz CT molecular complexity index is 578. The lowest BCUT2D eigenvalue weighted by Crippen LogP contribution is -2.46. The van der Waals surface area contributed by atoms with Gasteiger partial charge in [0.25, 0.3) is 5.91 Å². The molecule has 1 amide bonds. The Hall–Kier alpha value is -1.56. The van der Waals surface area contributed by atoms with E-state index < -0.39 is 12.1 Å². The van der Waals surface area contributed by atoms with Gasteiger partial charge in [-0.15, -0.1) is 0 Å². The van der Waals surface area contributed by atoms with Gasteiger partial charge in [-0.3, -0.25) is 4.79 Å². The quantitative estimate of drug-likeness (QED) is 0.746. The van der Waals surface area contributed by atoms with Crippen LogP contribution in [0.5, 0.6) is 5.75 Å². The van der Waals surface area contributed by atoms with Gasteiger partial charge in [0.1, 0.15) is 5.75 Å². The maximum Gasteiger partial charge on any atom is 0.344 e. The summed E-state index contributed by atoms with van der Waals surface area (Å²) in [5, 5.41) is 2.99. The van der Waals surface area contributed by atoms with Crippen molar-refractivity contribution in [3.63, 3.8) is 0 Å². The molecular formula is C18H24BrNO4. The lowest BCUT2D eigenvalue weighted by atomic mass is 9.86. The lowest BCUT2D eigenvalue weighted by molar-refractivity contribution is -0.157. The standard InChI is InChI=1S/C18H24BrNO4/c1-12-6-3-4-9-16(12)20-18(22)13(2)24-17(21)11-23-15-8-5-7-14(19)10-15/h5,7-8,10,12-13,16H,3-4,6,9,11H2,1-2H3,(H,20,22)/t12-,13-,16+/m1/s1. The maximum atomic E-state index is 12.2. The maximum absolute atomic E-state index is 12.2. The van der Waals surface area contributed by atoms with Crippen molar-refractivity contribution in [2.75, 3.05) is 6.61 Å². The number of esters is 1. The Morgan fingerprint density at radius 1 is 1.33 bits per heavy atom. The van der Waals surface area contributed by atoms with Crippen molar-refractivity contribution in [3.8, 4) is 5.75 Å². The Morgan fingerprint density at radius 3 is 2.79 bits per heavy atom. The molecule has 0 radical (unpaired) electrons. The molecule has 1 fully saturated rings. The molecule has 1 aromatic carbocycles. The molecule has 132 valence electrons. The van der Waals surface area contributed by atoms with E-state index in [1.165, 1.54) is 6.42 Å². The molecule has 1 aromatic rings. The molecule has 0 heterocycles. The average Bonchev–Trinajstić information content (AvgIpc) is 2.55. The number of amides is 1. The zero-order valence-electron chi connectivity index (χ0n) is 14.1. The van der Waals surface area contributed by atoms with Gasteiger partial charge in [-0.05, 0) is 43.9 Å². The van der Waals surface area contributed by atoms with E-state index in [-0.39, 0.29) is 18.6 Å². The minimum Gasteiger partial charge on any atom is -0.482 e. The van der Waals surface area contributed by atoms with Crippen LogP contribution in [0.15, 0.2) is 28.7 Å². The van der Waals surface area contributed by atoms with Gasteiger partial charge in [0, 0.05) is 10.5 Å². The summed E-state index contributed by atoms with van der Waals surface area (Å²) in [5.74, 6) is 0.221. The van der Waals surface area contributed by atoms with E-state index in [0.717, 1.165) is 23.7 Å². The zero-order chi connectivity index (χ0) is 17.5. The highest BCUT2D eigenvalue weighted by molar-refractivity contribution is 9.10. The highest BCUT2D eigenvalue weighted by Gasteiger charge is 2.26. The summed E-state index contributed by atoms with van der Waals surface area (Å²) in [4.78, 5) is 24.0. The fourth-order valence-corrected chi connectivity index (χ4v) is 3.19. The highest BCUT2D eigenvalue weighted by atomic mass is 79.9. The van der Waals surface area contributed by atoms with Gasteiger partial charge in [0.2, 0.25) is 0 Å². The fraction of sp³-hybridized carbons (Fsp3) is 0.556. The van der Waals surface area contributed by atoms with Gasteiger partial charge in [0.05, 0.1) is 0 Å². The molecule has 24 heavy (non-hydrogen) atoms. The van der Waals surface area contributed by atoms with Crippen LogP contribution in [0.1, 0.15) is 39.5 Å². The first-order chi connectivity index (χ1) is 11.5. The zero-order valence-corrected chi connectivity index (χ0v) is 15.7. The van der Waals surface area contributed by atoms with E-state index >= 15 is 0 Å². The molecule has 1 aliphatic carbocycles. The smallest absolute Gasteiger partial charge is 0.344 e. The van der Waals surface area contributed by atoms with Crippen LogP contribution in [-0.4, -0.2) is 30.6 Å². The van der Waals surface area contributed by atoms with Crippen molar-refractivity contribution >= 4 is 27.8 Å². The van der Waals surface area contributed by atoms with Crippen LogP contribution in [0.4, 0.5) is 0 Å². The predicted molar refractivity (Wildman–Crippen MR) is 94.8 cm³/mol. The first-order valence-electron chi connectivity index (χ1n) is 8.34. The molecule has 5 nitrogen and oxygen atoms in total. The van der Waals surface area contributed by atoms with E-state index in [1.54, 1.807) is 19.1 Å². The van der Waals surface area contributed by atoms with E-state index in [2.05, 4.69) is 28.2 Å². The minimum absolute atomic E-state index is 0.172. The SMILES string of the molecule is C[C@@H]1CCCC[C@@H]1NC(=O)[C@@H](C)OC(=O)COc1cccc(Br)c1. The minimum atomic E-state index is -0.822. The van der Waals surface area contributed by atoms with Crippen LogP contribution in [0.25, 0.3) is 0 Å². The predicted octanol–water partition coefficient (Wildman–Crippen LogP) is 3.45. The summed E-state index contributed by atoms with van der Waals surface area (Å²) in [6, 6.07) is 7.35. The van der Waals surface area contributed by atoms with Crippen molar-refractivity contribution in [1.29, 1.82) is 0 Å². The molecule has 1 saturated carbocycles. The number of halogens is 1. The van der Waals surface area contributed by atoms with Crippen LogP contribution in [0, 0.1) is 5.92 Å². The van der Waals surface area contributed by atoms with Crippen molar-refractivity contribution in [3.05, 3.63) is 28.7 Å². The van der Waals surface area contributed by atoms with Gasteiger partial charge in [-0.25, -0.2) is 4.79 Å². The summed E-state index contributed by atoms with van der Waals surface area (Å²) < 4.78 is 11.4. The Balaban J connectivity index is 1.75. The first-order valence-corrected chi connectivity index (χ1v) is 9.13. The lowest BCUT2D eigenvalue weighted by Gasteiger charge is -2.30. The Morgan fingerprint density at radius 2 is 2.08 bits per heavy atom. The van der Waals surface area contributed by atoms with Gasteiger partial charge in [-0.2, -0.15) is 0 Å². The number of carbonyl (C=O) groups excluding carboxylic acids is 2. The summed E-state index contributed by atoms with van der Waals surface area (Å²) in [6.07, 6.45) is 3.63. The number of rotatable bonds is 6. The number of hydrogen-bond acceptors (Lipinski definition) is 4. The Kier molecular flexibility index (Phi) is 7.09. The van der Waals surface area contributed by atoms with Crippen molar-refractivity contribution in [2.45, 2.75) is 51.7 Å². The van der Waals surface area contributed by atoms with E-state index in [1.807, 2.05) is 12.1 Å². The van der Waals surface area contributed by atoms with Gasteiger partial charge in [-0.1, -0.05) is 41.8 Å². The van der Waals surface area contributed by atoms with Crippen molar-refractivity contribution in [2.24, 2.45) is 5.92 Å². The van der Waals surface area contributed by atoms with Crippen molar-refractivity contribution < 1.29 is 19.1 Å². The molecule has 6 heteroatoms. The first kappa shape index (κ1) is 18.8. The number of nitrogens with one attached hydrogen (secondary N) is 1. The van der Waals surface area contributed by atoms with E-state index in [4.69, 9.17) is 9.47 Å². The van der Waals surface area contributed by atoms with Gasteiger partial charge < -0.3 is 14.8 Å². The largest absolute Gasteiger partial charge is 0.482 e. The second-order valence-corrected chi connectivity index (χ2v) is 7.17. The molecule has 0 aliphatic heterocycles. The molecule has 0 aromatic heterocycles. The van der Waals surface area contributed by atoms with Crippen molar-refractivity contribution in [1.82, 2.24) is 5.32 Å². The summed E-state index contributed by atoms with van der Waals surface area (Å²) >= 11 is 3.33. The van der Waals surface area contributed by atoms with E-state index in [0.29, 0.717) is 11.7 Å². The molecule has 3 atom stereocenters. The number of ether oxygens (including phenoxy) is 2. The summed E-state index contributed by atoms with van der Waals surface area (Å²) in [7, 11) is 0. The summed E-state index contributed by atoms with van der Waals surface area (Å²) in [6.45, 7) is 3.50. The average molecular weight is 398 g/mol. The normalized spacial score (nSPS) is 21.6. The van der Waals surface area contributed by atoms with Crippen LogP contribution >= 0.6 is 15.9 Å². The summed E-state index contributed by atoms with van der Waals surface area (Å²) in [5.41, 5.74) is 0. The third-order valence-corrected chi connectivity index (χ3v) is 4.76. The topological polar surface area (TPSA) is 64.6 Å². The van der Waals surface area contributed by atoms with Crippen LogP contribution < -0.4 is 10.1 Å².